The molecule has 0 amide bonds. The molecule has 0 spiro atoms. The molecule has 0 aliphatic heterocycles. The van der Waals surface area contributed by atoms with E-state index in [1.54, 1.807) is 11.3 Å². The second-order valence-corrected chi connectivity index (χ2v) is 8.30. The SMILES string of the molecule is C=C=C(c1ccsc1)P(=O)(c1ccccc1)c1ccccc1. The van der Waals surface area contributed by atoms with Gasteiger partial charge < -0.3 is 4.57 Å². The molecule has 22 heavy (non-hydrogen) atoms. The molecule has 3 heteroatoms. The molecule has 0 atom stereocenters. The second-order valence-electron chi connectivity index (χ2n) is 4.82. The first-order valence-corrected chi connectivity index (χ1v) is 9.56. The summed E-state index contributed by atoms with van der Waals surface area (Å²) in [5.41, 5.74) is 3.88. The molecule has 0 aliphatic rings. The zero-order chi connectivity index (χ0) is 15.4. The lowest BCUT2D eigenvalue weighted by atomic mass is 10.3. The van der Waals surface area contributed by atoms with Gasteiger partial charge in [-0.3, -0.25) is 0 Å². The van der Waals surface area contributed by atoms with Crippen LogP contribution in [0.2, 0.25) is 0 Å². The molecule has 3 rings (SSSR count). The Kier molecular flexibility index (Phi) is 4.27. The van der Waals surface area contributed by atoms with E-state index in [0.717, 1.165) is 16.2 Å². The Morgan fingerprint density at radius 3 is 1.86 bits per heavy atom. The predicted molar refractivity (Wildman–Crippen MR) is 96.6 cm³/mol. The van der Waals surface area contributed by atoms with Gasteiger partial charge in [-0.2, -0.15) is 11.3 Å². The van der Waals surface area contributed by atoms with Crippen LogP contribution in [-0.4, -0.2) is 0 Å². The van der Waals surface area contributed by atoms with Crippen molar-refractivity contribution in [3.05, 3.63) is 95.4 Å². The minimum absolute atomic E-state index is 0.672. The van der Waals surface area contributed by atoms with E-state index < -0.39 is 7.14 Å². The molecule has 0 unspecified atom stereocenters. The fourth-order valence-corrected chi connectivity index (χ4v) is 5.94. The lowest BCUT2D eigenvalue weighted by Gasteiger charge is -2.20. The van der Waals surface area contributed by atoms with Gasteiger partial charge in [-0.15, -0.1) is 5.73 Å². The molecule has 1 aromatic heterocycles. The van der Waals surface area contributed by atoms with Crippen LogP contribution in [0.1, 0.15) is 5.56 Å². The van der Waals surface area contributed by atoms with Crippen LogP contribution in [0.25, 0.3) is 5.31 Å². The Labute approximate surface area is 134 Å². The summed E-state index contributed by atoms with van der Waals surface area (Å²) in [7, 11) is -2.97. The first-order chi connectivity index (χ1) is 10.8. The fourth-order valence-electron chi connectivity index (χ4n) is 2.48. The molecule has 1 heterocycles. The third-order valence-corrected chi connectivity index (χ3v) is 7.30. The highest BCUT2D eigenvalue weighted by Gasteiger charge is 2.32. The van der Waals surface area contributed by atoms with Crippen molar-refractivity contribution >= 4 is 34.4 Å². The van der Waals surface area contributed by atoms with Crippen molar-refractivity contribution in [1.29, 1.82) is 0 Å². The zero-order valence-corrected chi connectivity index (χ0v) is 13.7. The largest absolute Gasteiger partial charge is 0.308 e. The van der Waals surface area contributed by atoms with Gasteiger partial charge in [0.15, 0.2) is 7.14 Å². The second kappa shape index (κ2) is 6.34. The molecule has 2 aromatic carbocycles. The van der Waals surface area contributed by atoms with Crippen molar-refractivity contribution in [2.45, 2.75) is 0 Å². The third-order valence-electron chi connectivity index (χ3n) is 3.52. The Balaban J connectivity index is 2.30. The highest BCUT2D eigenvalue weighted by Crippen LogP contribution is 2.56. The average molecular weight is 322 g/mol. The number of hydrogen-bond acceptors (Lipinski definition) is 2. The summed E-state index contributed by atoms with van der Waals surface area (Å²) in [6.45, 7) is 3.80. The molecule has 0 bridgehead atoms. The quantitative estimate of drug-likeness (QED) is 0.494. The van der Waals surface area contributed by atoms with Gasteiger partial charge in [0.2, 0.25) is 0 Å². The molecule has 0 N–H and O–H groups in total. The van der Waals surface area contributed by atoms with Crippen LogP contribution < -0.4 is 10.6 Å². The monoisotopic (exact) mass is 322 g/mol. The average Bonchev–Trinajstić information content (AvgIpc) is 3.11. The summed E-state index contributed by atoms with van der Waals surface area (Å²) < 4.78 is 14.1. The Hall–Kier alpha value is -2.11. The van der Waals surface area contributed by atoms with Crippen LogP contribution in [0.4, 0.5) is 0 Å². The summed E-state index contributed by atoms with van der Waals surface area (Å²) in [6.07, 6.45) is 0. The molecule has 0 fully saturated rings. The first kappa shape index (κ1) is 14.8. The van der Waals surface area contributed by atoms with Gasteiger partial charge in [-0.05, 0) is 16.8 Å². The van der Waals surface area contributed by atoms with Crippen molar-refractivity contribution in [2.75, 3.05) is 0 Å². The highest BCUT2D eigenvalue weighted by molar-refractivity contribution is 7.87. The maximum atomic E-state index is 14.1. The van der Waals surface area contributed by atoms with Gasteiger partial charge in [0, 0.05) is 16.2 Å². The van der Waals surface area contributed by atoms with E-state index in [4.69, 9.17) is 0 Å². The highest BCUT2D eigenvalue weighted by atomic mass is 32.1. The van der Waals surface area contributed by atoms with Crippen LogP contribution in [0.3, 0.4) is 0 Å². The van der Waals surface area contributed by atoms with Gasteiger partial charge in [0.25, 0.3) is 0 Å². The van der Waals surface area contributed by atoms with E-state index in [-0.39, 0.29) is 0 Å². The number of benzene rings is 2. The van der Waals surface area contributed by atoms with E-state index in [1.807, 2.05) is 77.5 Å². The fraction of sp³-hybridized carbons (Fsp3) is 0. The standard InChI is InChI=1S/C19H15OPS/c1-2-19(16-13-14-22-15-16)21(20,17-9-5-3-6-10-17)18-11-7-4-8-12-18/h3-15H,1H2. The predicted octanol–water partition coefficient (Wildman–Crippen LogP) is 4.89. The summed E-state index contributed by atoms with van der Waals surface area (Å²) in [5.74, 6) is 0. The van der Waals surface area contributed by atoms with Crippen LogP contribution in [0.15, 0.2) is 89.8 Å². The van der Waals surface area contributed by atoms with E-state index in [1.165, 1.54) is 0 Å². The minimum Gasteiger partial charge on any atom is -0.308 e. The molecule has 3 aromatic rings. The minimum atomic E-state index is -2.97. The normalized spacial score (nSPS) is 10.9. The Morgan fingerprint density at radius 2 is 1.45 bits per heavy atom. The van der Waals surface area contributed by atoms with Gasteiger partial charge in [-0.25, -0.2) is 0 Å². The topological polar surface area (TPSA) is 17.1 Å². The molecular formula is C19H15OPS. The Bertz CT molecular complexity index is 801. The van der Waals surface area contributed by atoms with Crippen molar-refractivity contribution < 1.29 is 4.57 Å². The van der Waals surface area contributed by atoms with E-state index >= 15 is 0 Å². The van der Waals surface area contributed by atoms with Crippen molar-refractivity contribution in [3.63, 3.8) is 0 Å². The third kappa shape index (κ3) is 2.53. The van der Waals surface area contributed by atoms with Gasteiger partial charge in [-0.1, -0.05) is 67.2 Å². The lowest BCUT2D eigenvalue weighted by molar-refractivity contribution is 0.593. The first-order valence-electron chi connectivity index (χ1n) is 6.91. The van der Waals surface area contributed by atoms with E-state index in [2.05, 4.69) is 12.3 Å². The van der Waals surface area contributed by atoms with Crippen molar-refractivity contribution in [2.24, 2.45) is 0 Å². The van der Waals surface area contributed by atoms with E-state index in [0.29, 0.717) is 5.31 Å². The molecule has 0 aliphatic carbocycles. The zero-order valence-electron chi connectivity index (χ0n) is 12.0. The lowest BCUT2D eigenvalue weighted by Crippen LogP contribution is -2.16. The van der Waals surface area contributed by atoms with E-state index in [9.17, 15) is 4.57 Å². The Morgan fingerprint density at radius 1 is 0.909 bits per heavy atom. The molecule has 0 radical (unpaired) electrons. The van der Waals surface area contributed by atoms with Crippen LogP contribution >= 0.6 is 18.5 Å². The van der Waals surface area contributed by atoms with Crippen LogP contribution in [0.5, 0.6) is 0 Å². The number of thiophene rings is 1. The number of rotatable bonds is 4. The van der Waals surface area contributed by atoms with Crippen LogP contribution in [-0.2, 0) is 4.57 Å². The van der Waals surface area contributed by atoms with Gasteiger partial charge in [0.05, 0.1) is 5.31 Å². The van der Waals surface area contributed by atoms with Crippen molar-refractivity contribution in [1.82, 2.24) is 0 Å². The molecule has 0 saturated carbocycles. The summed E-state index contributed by atoms with van der Waals surface area (Å²) >= 11 is 1.58. The van der Waals surface area contributed by atoms with Crippen LogP contribution in [0, 0.1) is 0 Å². The molecule has 0 saturated heterocycles. The summed E-state index contributed by atoms with van der Waals surface area (Å²) in [4.78, 5) is 0. The van der Waals surface area contributed by atoms with Crippen molar-refractivity contribution in [3.8, 4) is 0 Å². The smallest absolute Gasteiger partial charge is 0.179 e. The summed E-state index contributed by atoms with van der Waals surface area (Å²) in [6, 6.07) is 21.2. The van der Waals surface area contributed by atoms with Gasteiger partial charge >= 0.3 is 0 Å². The number of hydrogen-bond donors (Lipinski definition) is 0. The summed E-state index contributed by atoms with van der Waals surface area (Å²) in [5, 5.41) is 6.25. The maximum absolute atomic E-state index is 14.1. The maximum Gasteiger partial charge on any atom is 0.179 e. The molecular weight excluding hydrogens is 307 g/mol. The van der Waals surface area contributed by atoms with Gasteiger partial charge in [0.1, 0.15) is 0 Å². The molecule has 1 nitrogen and oxygen atoms in total. The molecule has 108 valence electrons.